The van der Waals surface area contributed by atoms with E-state index in [0.29, 0.717) is 0 Å². The van der Waals surface area contributed by atoms with Gasteiger partial charge in [-0.2, -0.15) is 0 Å². The molecule has 0 aliphatic heterocycles. The van der Waals surface area contributed by atoms with Crippen molar-refractivity contribution in [3.05, 3.63) is 42.0 Å². The molecule has 1 atom stereocenters. The molecule has 2 rings (SSSR count). The standard InChI is InChI=1S/C18H22N2O/c1-3-4-5-9-16(20-19)12-15-8-6-7-14-10-11-17(21-2)13-18(14)15/h6-8,10-11,13,16,20H,5,9,12,19H2,1-2H3. The summed E-state index contributed by atoms with van der Waals surface area (Å²) >= 11 is 0. The average Bonchev–Trinajstić information content (AvgIpc) is 2.53. The number of rotatable bonds is 6. The summed E-state index contributed by atoms with van der Waals surface area (Å²) in [5.74, 6) is 12.6. The van der Waals surface area contributed by atoms with Crippen LogP contribution in [0.3, 0.4) is 0 Å². The molecule has 1 unspecified atom stereocenters. The molecule has 0 aliphatic carbocycles. The fourth-order valence-electron chi connectivity index (χ4n) is 2.50. The normalized spacial score (nSPS) is 11.8. The van der Waals surface area contributed by atoms with E-state index in [4.69, 9.17) is 10.6 Å². The number of hydrogen-bond donors (Lipinski definition) is 2. The highest BCUT2D eigenvalue weighted by Crippen LogP contribution is 2.25. The zero-order chi connectivity index (χ0) is 15.1. The van der Waals surface area contributed by atoms with E-state index in [2.05, 4.69) is 47.6 Å². The van der Waals surface area contributed by atoms with Gasteiger partial charge in [-0.25, -0.2) is 0 Å². The number of hydrazine groups is 1. The van der Waals surface area contributed by atoms with Gasteiger partial charge in [-0.15, -0.1) is 11.8 Å². The summed E-state index contributed by atoms with van der Waals surface area (Å²) in [7, 11) is 1.69. The number of methoxy groups -OCH3 is 1. The monoisotopic (exact) mass is 282 g/mol. The maximum Gasteiger partial charge on any atom is 0.119 e. The second kappa shape index (κ2) is 7.68. The molecule has 0 amide bonds. The molecule has 0 aliphatic rings. The zero-order valence-electron chi connectivity index (χ0n) is 12.6. The number of fused-ring (bicyclic) bond motifs is 1. The van der Waals surface area contributed by atoms with E-state index in [9.17, 15) is 0 Å². The minimum Gasteiger partial charge on any atom is -0.497 e. The van der Waals surface area contributed by atoms with Crippen molar-refractivity contribution in [3.63, 3.8) is 0 Å². The molecular weight excluding hydrogens is 260 g/mol. The molecule has 3 N–H and O–H groups in total. The van der Waals surface area contributed by atoms with Crippen LogP contribution in [0.5, 0.6) is 5.75 Å². The van der Waals surface area contributed by atoms with Gasteiger partial charge in [0.15, 0.2) is 0 Å². The lowest BCUT2D eigenvalue weighted by atomic mass is 9.97. The third-order valence-electron chi connectivity index (χ3n) is 3.68. The summed E-state index contributed by atoms with van der Waals surface area (Å²) in [4.78, 5) is 0. The molecule has 0 aromatic heterocycles. The third kappa shape index (κ3) is 3.98. The molecule has 0 spiro atoms. The van der Waals surface area contributed by atoms with Crippen LogP contribution in [0.4, 0.5) is 0 Å². The van der Waals surface area contributed by atoms with Gasteiger partial charge in [0.25, 0.3) is 0 Å². The molecule has 0 heterocycles. The van der Waals surface area contributed by atoms with E-state index >= 15 is 0 Å². The second-order valence-electron chi connectivity index (χ2n) is 5.04. The van der Waals surface area contributed by atoms with Crippen LogP contribution in [0, 0.1) is 11.8 Å². The van der Waals surface area contributed by atoms with Crippen molar-refractivity contribution in [1.29, 1.82) is 0 Å². The Bertz CT molecular complexity index is 655. The third-order valence-corrected chi connectivity index (χ3v) is 3.68. The summed E-state index contributed by atoms with van der Waals surface area (Å²) < 4.78 is 5.33. The van der Waals surface area contributed by atoms with Gasteiger partial charge in [0.05, 0.1) is 7.11 Å². The van der Waals surface area contributed by atoms with Crippen LogP contribution < -0.4 is 16.0 Å². The quantitative estimate of drug-likeness (QED) is 0.486. The Balaban J connectivity index is 2.24. The summed E-state index contributed by atoms with van der Waals surface area (Å²) in [6, 6.07) is 12.7. The van der Waals surface area contributed by atoms with Crippen LogP contribution in [-0.2, 0) is 6.42 Å². The van der Waals surface area contributed by atoms with Gasteiger partial charge in [0.2, 0.25) is 0 Å². The fourth-order valence-corrected chi connectivity index (χ4v) is 2.50. The SMILES string of the molecule is CC#CCCC(Cc1cccc2ccc(OC)cc12)NN. The van der Waals surface area contributed by atoms with E-state index < -0.39 is 0 Å². The molecule has 110 valence electrons. The van der Waals surface area contributed by atoms with Crippen LogP contribution in [0.2, 0.25) is 0 Å². The maximum atomic E-state index is 5.68. The first-order valence-electron chi connectivity index (χ1n) is 7.20. The molecule has 0 fully saturated rings. The number of nitrogens with one attached hydrogen (secondary N) is 1. The van der Waals surface area contributed by atoms with Crippen LogP contribution in [0.15, 0.2) is 36.4 Å². The highest BCUT2D eigenvalue weighted by molar-refractivity contribution is 5.87. The van der Waals surface area contributed by atoms with E-state index in [1.165, 1.54) is 16.3 Å². The molecule has 2 aromatic rings. The van der Waals surface area contributed by atoms with Crippen LogP contribution in [0.25, 0.3) is 10.8 Å². The van der Waals surface area contributed by atoms with Gasteiger partial charge in [0, 0.05) is 12.5 Å². The predicted octanol–water partition coefficient (Wildman–Crippen LogP) is 3.03. The molecule has 0 saturated heterocycles. The Labute approximate surface area is 126 Å². The van der Waals surface area contributed by atoms with E-state index in [-0.39, 0.29) is 6.04 Å². The van der Waals surface area contributed by atoms with Crippen molar-refractivity contribution >= 4 is 10.8 Å². The van der Waals surface area contributed by atoms with Crippen molar-refractivity contribution in [3.8, 4) is 17.6 Å². The van der Waals surface area contributed by atoms with Gasteiger partial charge in [0.1, 0.15) is 5.75 Å². The van der Waals surface area contributed by atoms with E-state index in [1.54, 1.807) is 7.11 Å². The van der Waals surface area contributed by atoms with Crippen molar-refractivity contribution in [2.24, 2.45) is 5.84 Å². The Morgan fingerprint density at radius 2 is 2.14 bits per heavy atom. The summed E-state index contributed by atoms with van der Waals surface area (Å²) in [6.45, 7) is 1.86. The molecule has 0 saturated carbocycles. The molecule has 3 heteroatoms. The molecular formula is C18H22N2O. The van der Waals surface area contributed by atoms with Crippen LogP contribution in [-0.4, -0.2) is 13.2 Å². The Morgan fingerprint density at radius 1 is 1.29 bits per heavy atom. The van der Waals surface area contributed by atoms with Crippen molar-refractivity contribution < 1.29 is 4.74 Å². The molecule has 0 radical (unpaired) electrons. The summed E-state index contributed by atoms with van der Waals surface area (Å²) in [5.41, 5.74) is 4.18. The molecule has 2 aromatic carbocycles. The molecule has 0 bridgehead atoms. The maximum absolute atomic E-state index is 5.68. The smallest absolute Gasteiger partial charge is 0.119 e. The van der Waals surface area contributed by atoms with Crippen molar-refractivity contribution in [1.82, 2.24) is 5.43 Å². The van der Waals surface area contributed by atoms with Crippen molar-refractivity contribution in [2.75, 3.05) is 7.11 Å². The first-order chi connectivity index (χ1) is 10.3. The van der Waals surface area contributed by atoms with Crippen LogP contribution in [0.1, 0.15) is 25.3 Å². The average molecular weight is 282 g/mol. The lowest BCUT2D eigenvalue weighted by molar-refractivity contribution is 0.415. The zero-order valence-corrected chi connectivity index (χ0v) is 12.6. The van der Waals surface area contributed by atoms with Gasteiger partial charge >= 0.3 is 0 Å². The van der Waals surface area contributed by atoms with Gasteiger partial charge in [-0.1, -0.05) is 24.3 Å². The second-order valence-corrected chi connectivity index (χ2v) is 5.04. The number of hydrogen-bond acceptors (Lipinski definition) is 3. The predicted molar refractivity (Wildman–Crippen MR) is 88.0 cm³/mol. The fraction of sp³-hybridized carbons (Fsp3) is 0.333. The van der Waals surface area contributed by atoms with Crippen LogP contribution >= 0.6 is 0 Å². The summed E-state index contributed by atoms with van der Waals surface area (Å²) in [6.07, 6.45) is 2.68. The molecule has 3 nitrogen and oxygen atoms in total. The van der Waals surface area contributed by atoms with Gasteiger partial charge in [-0.3, -0.25) is 11.3 Å². The number of ether oxygens (including phenoxy) is 1. The Morgan fingerprint density at radius 3 is 2.86 bits per heavy atom. The molecule has 21 heavy (non-hydrogen) atoms. The largest absolute Gasteiger partial charge is 0.497 e. The highest BCUT2D eigenvalue weighted by atomic mass is 16.5. The first kappa shape index (κ1) is 15.4. The first-order valence-corrected chi connectivity index (χ1v) is 7.20. The van der Waals surface area contributed by atoms with Gasteiger partial charge in [-0.05, 0) is 48.2 Å². The Kier molecular flexibility index (Phi) is 5.62. The summed E-state index contributed by atoms with van der Waals surface area (Å²) in [5, 5.41) is 2.44. The van der Waals surface area contributed by atoms with Gasteiger partial charge < -0.3 is 4.74 Å². The van der Waals surface area contributed by atoms with E-state index in [0.717, 1.165) is 25.0 Å². The minimum absolute atomic E-state index is 0.225. The number of benzene rings is 2. The number of nitrogens with two attached hydrogens (primary N) is 1. The Hall–Kier alpha value is -2.02. The topological polar surface area (TPSA) is 47.3 Å². The van der Waals surface area contributed by atoms with E-state index in [1.807, 2.05) is 13.0 Å². The van der Waals surface area contributed by atoms with Crippen molar-refractivity contribution in [2.45, 2.75) is 32.2 Å². The highest BCUT2D eigenvalue weighted by Gasteiger charge is 2.10. The minimum atomic E-state index is 0.225. The lowest BCUT2D eigenvalue weighted by Crippen LogP contribution is -2.36. The lowest BCUT2D eigenvalue weighted by Gasteiger charge is -2.16.